The maximum absolute atomic E-state index is 5.78. The highest BCUT2D eigenvalue weighted by Gasteiger charge is 2.39. The fourth-order valence-electron chi connectivity index (χ4n) is 7.81. The van der Waals surface area contributed by atoms with E-state index in [1.165, 1.54) is 84.2 Å². The number of hydrogen-bond donors (Lipinski definition) is 0. The molecule has 0 radical (unpaired) electrons. The van der Waals surface area contributed by atoms with Crippen molar-refractivity contribution in [3.63, 3.8) is 0 Å². The van der Waals surface area contributed by atoms with Crippen LogP contribution in [-0.4, -0.2) is 31.2 Å². The van der Waals surface area contributed by atoms with Crippen LogP contribution in [0.4, 0.5) is 0 Å². The van der Waals surface area contributed by atoms with Crippen LogP contribution in [0.2, 0.25) is 0 Å². The van der Waals surface area contributed by atoms with Crippen LogP contribution in [0, 0.1) is 27.7 Å². The quantitative estimate of drug-likeness (QED) is 0.284. The molecule has 39 heavy (non-hydrogen) atoms. The van der Waals surface area contributed by atoms with Crippen LogP contribution in [0.3, 0.4) is 0 Å². The Balaban J connectivity index is 1.65. The SMILES string of the molecule is COc1c(C)cc(P(C2=C([C@@H](C)P(C3CCCC3)C3CCCC3)CC=C2)c2cc(C)c(OC)c(C)c2)cc1C. The van der Waals surface area contributed by atoms with Crippen LogP contribution in [0.25, 0.3) is 0 Å². The first-order valence-corrected chi connectivity index (χ1v) is 18.0. The van der Waals surface area contributed by atoms with Crippen molar-refractivity contribution in [1.29, 1.82) is 0 Å². The highest BCUT2D eigenvalue weighted by molar-refractivity contribution is 7.77. The Hall–Kier alpha value is -1.62. The number of rotatable bonds is 9. The van der Waals surface area contributed by atoms with Gasteiger partial charge in [-0.2, -0.15) is 0 Å². The van der Waals surface area contributed by atoms with Crippen molar-refractivity contribution in [3.05, 3.63) is 69.6 Å². The van der Waals surface area contributed by atoms with Crippen LogP contribution >= 0.6 is 15.8 Å². The van der Waals surface area contributed by atoms with Gasteiger partial charge in [-0.25, -0.2) is 0 Å². The molecule has 4 heteroatoms. The molecular weight excluding hydrogens is 514 g/mol. The van der Waals surface area contributed by atoms with E-state index in [1.807, 2.05) is 0 Å². The number of methoxy groups -OCH3 is 2. The molecule has 0 amide bonds. The van der Waals surface area contributed by atoms with Crippen LogP contribution in [0.1, 0.15) is 87.0 Å². The molecule has 3 aliphatic rings. The Morgan fingerprint density at radius 3 is 1.49 bits per heavy atom. The van der Waals surface area contributed by atoms with Crippen LogP contribution in [0.15, 0.2) is 47.3 Å². The lowest BCUT2D eigenvalue weighted by molar-refractivity contribution is 0.408. The maximum Gasteiger partial charge on any atom is 0.124 e. The Kier molecular flexibility index (Phi) is 9.25. The molecule has 0 heterocycles. The van der Waals surface area contributed by atoms with Crippen molar-refractivity contribution in [2.75, 3.05) is 14.2 Å². The molecule has 2 nitrogen and oxygen atoms in total. The Labute approximate surface area is 240 Å². The largest absolute Gasteiger partial charge is 0.496 e. The summed E-state index contributed by atoms with van der Waals surface area (Å²) in [6, 6.07) is 9.63. The zero-order chi connectivity index (χ0) is 27.7. The van der Waals surface area contributed by atoms with Crippen molar-refractivity contribution < 1.29 is 9.47 Å². The van der Waals surface area contributed by atoms with E-state index in [-0.39, 0.29) is 7.92 Å². The van der Waals surface area contributed by atoms with E-state index in [9.17, 15) is 0 Å². The van der Waals surface area contributed by atoms with Crippen molar-refractivity contribution in [3.8, 4) is 11.5 Å². The summed E-state index contributed by atoms with van der Waals surface area (Å²) in [5, 5.41) is 4.51. The summed E-state index contributed by atoms with van der Waals surface area (Å²) in [7, 11) is 2.92. The maximum atomic E-state index is 5.78. The molecule has 5 rings (SSSR count). The Morgan fingerprint density at radius 1 is 0.692 bits per heavy atom. The van der Waals surface area contributed by atoms with Gasteiger partial charge in [0.05, 0.1) is 14.2 Å². The molecule has 210 valence electrons. The second kappa shape index (κ2) is 12.5. The average Bonchev–Trinajstić information content (AvgIpc) is 3.68. The lowest BCUT2D eigenvalue weighted by Gasteiger charge is -2.37. The zero-order valence-corrected chi connectivity index (χ0v) is 27.1. The van der Waals surface area contributed by atoms with E-state index in [4.69, 9.17) is 9.47 Å². The van der Waals surface area contributed by atoms with E-state index in [2.05, 4.69) is 71.0 Å². The molecule has 1 atom stereocenters. The number of aryl methyl sites for hydroxylation is 4. The lowest BCUT2D eigenvalue weighted by atomic mass is 10.1. The third-order valence-electron chi connectivity index (χ3n) is 9.44. The number of ether oxygens (including phenoxy) is 2. The van der Waals surface area contributed by atoms with Gasteiger partial charge in [-0.15, -0.1) is 0 Å². The topological polar surface area (TPSA) is 18.5 Å². The van der Waals surface area contributed by atoms with Gasteiger partial charge in [-0.1, -0.05) is 58.3 Å². The molecule has 2 aromatic rings. The first kappa shape index (κ1) is 28.9. The molecular formula is C35H48O2P2. The van der Waals surface area contributed by atoms with Gasteiger partial charge >= 0.3 is 0 Å². The van der Waals surface area contributed by atoms with E-state index in [0.29, 0.717) is 5.66 Å². The molecule has 2 aromatic carbocycles. The molecule has 0 unspecified atom stereocenters. The van der Waals surface area contributed by atoms with Gasteiger partial charge in [0.15, 0.2) is 0 Å². The monoisotopic (exact) mass is 562 g/mol. The molecule has 2 saturated carbocycles. The van der Waals surface area contributed by atoms with Crippen LogP contribution in [-0.2, 0) is 0 Å². The molecule has 3 aliphatic carbocycles. The van der Waals surface area contributed by atoms with E-state index in [0.717, 1.165) is 29.2 Å². The van der Waals surface area contributed by atoms with E-state index in [1.54, 1.807) is 25.1 Å². The molecule has 0 aromatic heterocycles. The van der Waals surface area contributed by atoms with Gasteiger partial charge in [-0.3, -0.25) is 0 Å². The minimum atomic E-state index is -0.680. The second-order valence-corrected chi connectivity index (χ2v) is 17.4. The summed E-state index contributed by atoms with van der Waals surface area (Å²) < 4.78 is 11.6. The van der Waals surface area contributed by atoms with Gasteiger partial charge in [0, 0.05) is 0 Å². The van der Waals surface area contributed by atoms with Gasteiger partial charge < -0.3 is 9.47 Å². The first-order chi connectivity index (χ1) is 18.8. The summed E-state index contributed by atoms with van der Waals surface area (Å²) in [5.74, 6) is 2.04. The van der Waals surface area contributed by atoms with Crippen LogP contribution < -0.4 is 20.1 Å². The standard InChI is InChI=1S/C35H48O2P2/c1-23-19-30(20-24(2)34(23)36-6)39(31-21-25(3)35(37-7)26(4)22-31)33-18-12-17-32(33)27(5)38(28-13-8-9-14-28)29-15-10-11-16-29/h12,18-22,27-29H,8-11,13-17H2,1-7H3/t27-/m1/s1. The Bertz CT molecular complexity index is 1130. The highest BCUT2D eigenvalue weighted by atomic mass is 31.1. The van der Waals surface area contributed by atoms with Gasteiger partial charge in [0.1, 0.15) is 11.5 Å². The minimum absolute atomic E-state index is 0.00767. The molecule has 0 spiro atoms. The third-order valence-corrected chi connectivity index (χ3v) is 15.8. The molecule has 0 N–H and O–H groups in total. The summed E-state index contributed by atoms with van der Waals surface area (Å²) in [6.07, 6.45) is 17.8. The first-order valence-electron chi connectivity index (χ1n) is 15.1. The normalized spacial score (nSPS) is 19.2. The van der Waals surface area contributed by atoms with Crippen molar-refractivity contribution in [2.24, 2.45) is 0 Å². The predicted octanol–water partition coefficient (Wildman–Crippen LogP) is 9.34. The fourth-order valence-corrected chi connectivity index (χ4v) is 15.3. The number of allylic oxidation sites excluding steroid dienone is 4. The summed E-state index contributed by atoms with van der Waals surface area (Å²) in [6.45, 7) is 11.4. The van der Waals surface area contributed by atoms with Gasteiger partial charge in [0.2, 0.25) is 0 Å². The second-order valence-electron chi connectivity index (χ2n) is 12.1. The van der Waals surface area contributed by atoms with Gasteiger partial charge in [0.25, 0.3) is 0 Å². The summed E-state index contributed by atoms with van der Waals surface area (Å²) >= 11 is 0. The van der Waals surface area contributed by atoms with Crippen molar-refractivity contribution in [2.45, 2.75) is 109 Å². The van der Waals surface area contributed by atoms with Gasteiger partial charge in [-0.05, 0) is 147 Å². The van der Waals surface area contributed by atoms with E-state index < -0.39 is 7.92 Å². The Morgan fingerprint density at radius 2 is 1.10 bits per heavy atom. The van der Waals surface area contributed by atoms with Crippen molar-refractivity contribution >= 4 is 26.5 Å². The smallest absolute Gasteiger partial charge is 0.124 e. The number of benzene rings is 2. The highest BCUT2D eigenvalue weighted by Crippen LogP contribution is 2.64. The zero-order valence-electron chi connectivity index (χ0n) is 25.3. The fraction of sp³-hybridized carbons (Fsp3) is 0.543. The third kappa shape index (κ3) is 5.76. The predicted molar refractivity (Wildman–Crippen MR) is 173 cm³/mol. The molecule has 2 fully saturated rings. The summed E-state index contributed by atoms with van der Waals surface area (Å²) in [4.78, 5) is 0. The number of hydrogen-bond acceptors (Lipinski definition) is 2. The van der Waals surface area contributed by atoms with E-state index >= 15 is 0 Å². The average molecular weight is 563 g/mol. The molecule has 0 saturated heterocycles. The summed E-state index contributed by atoms with van der Waals surface area (Å²) in [5.41, 5.74) is 9.36. The molecule has 0 aliphatic heterocycles. The van der Waals surface area contributed by atoms with Crippen molar-refractivity contribution in [1.82, 2.24) is 0 Å². The molecule has 0 bridgehead atoms. The van der Waals surface area contributed by atoms with Crippen LogP contribution in [0.5, 0.6) is 11.5 Å². The minimum Gasteiger partial charge on any atom is -0.496 e. The lowest BCUT2D eigenvalue weighted by Crippen LogP contribution is -2.22.